The van der Waals surface area contributed by atoms with Crippen molar-refractivity contribution in [2.75, 3.05) is 40.3 Å². The number of likely N-dealkylation sites (N-methyl/N-ethyl adjacent to an activating group) is 1. The van der Waals surface area contributed by atoms with Gasteiger partial charge in [0.05, 0.1) is 19.6 Å². The molecular weight excluding hydrogens is 254 g/mol. The van der Waals surface area contributed by atoms with E-state index in [2.05, 4.69) is 5.32 Å². The van der Waals surface area contributed by atoms with Crippen LogP contribution in [-0.2, 0) is 9.59 Å². The fourth-order valence-electron chi connectivity index (χ4n) is 3.58. The van der Waals surface area contributed by atoms with Gasteiger partial charge in [-0.05, 0) is 25.2 Å². The molecule has 1 saturated heterocycles. The van der Waals surface area contributed by atoms with Crippen molar-refractivity contribution in [3.63, 3.8) is 0 Å². The molecule has 1 aliphatic heterocycles. The van der Waals surface area contributed by atoms with Gasteiger partial charge in [0, 0.05) is 20.0 Å². The van der Waals surface area contributed by atoms with E-state index in [4.69, 9.17) is 0 Å². The van der Waals surface area contributed by atoms with Gasteiger partial charge in [0.15, 0.2) is 6.54 Å². The second-order valence-electron chi connectivity index (χ2n) is 6.54. The fraction of sp³-hybridized carbons (Fsp3) is 0.867. The first-order chi connectivity index (χ1) is 9.56. The molecule has 1 heterocycles. The van der Waals surface area contributed by atoms with E-state index in [0.717, 1.165) is 24.9 Å². The Balaban J connectivity index is 1.70. The summed E-state index contributed by atoms with van der Waals surface area (Å²) < 4.78 is 0. The highest BCUT2D eigenvalue weighted by Gasteiger charge is 2.34. The van der Waals surface area contributed by atoms with Gasteiger partial charge >= 0.3 is 0 Å². The first-order valence-electron chi connectivity index (χ1n) is 7.86. The zero-order valence-electron chi connectivity index (χ0n) is 12.8. The monoisotopic (exact) mass is 282 g/mol. The normalized spacial score (nSPS) is 29.4. The summed E-state index contributed by atoms with van der Waals surface area (Å²) in [7, 11) is 3.40. The number of likely N-dealkylation sites (tertiary alicyclic amines) is 1. The molecule has 2 aliphatic rings. The number of amides is 2. The average molecular weight is 282 g/mol. The van der Waals surface area contributed by atoms with Gasteiger partial charge < -0.3 is 15.1 Å². The van der Waals surface area contributed by atoms with Gasteiger partial charge in [-0.15, -0.1) is 0 Å². The van der Waals surface area contributed by atoms with Gasteiger partial charge in [0.2, 0.25) is 5.91 Å². The molecule has 0 aromatic heterocycles. The fourth-order valence-corrected chi connectivity index (χ4v) is 3.58. The molecule has 0 spiro atoms. The standard InChI is InChI=1S/C15H27N3O2/c1-17(2)15(20)9-16-14(19)11-18-8-7-12-5-3-4-6-13(12)10-18/h12-13H,3-11H2,1-2H3,(H,16,19)/p+1/t12-,13-/m1/s1. The third-order valence-electron chi connectivity index (χ3n) is 4.83. The molecule has 20 heavy (non-hydrogen) atoms. The lowest BCUT2D eigenvalue weighted by atomic mass is 9.75. The van der Waals surface area contributed by atoms with Crippen LogP contribution in [0.4, 0.5) is 0 Å². The van der Waals surface area contributed by atoms with Crippen molar-refractivity contribution in [1.82, 2.24) is 10.2 Å². The van der Waals surface area contributed by atoms with Crippen LogP contribution in [0.1, 0.15) is 32.1 Å². The van der Waals surface area contributed by atoms with Gasteiger partial charge in [0.1, 0.15) is 0 Å². The second kappa shape index (κ2) is 7.07. The Bertz CT molecular complexity index is 357. The molecule has 114 valence electrons. The predicted molar refractivity (Wildman–Crippen MR) is 77.3 cm³/mol. The molecule has 3 atom stereocenters. The van der Waals surface area contributed by atoms with Crippen LogP contribution in [0.15, 0.2) is 0 Å². The number of nitrogens with one attached hydrogen (secondary N) is 2. The summed E-state index contributed by atoms with van der Waals surface area (Å²) in [5.41, 5.74) is 0. The van der Waals surface area contributed by atoms with Crippen molar-refractivity contribution in [1.29, 1.82) is 0 Å². The highest BCUT2D eigenvalue weighted by molar-refractivity contribution is 5.84. The van der Waals surface area contributed by atoms with Crippen molar-refractivity contribution in [2.24, 2.45) is 11.8 Å². The number of nitrogens with zero attached hydrogens (tertiary/aromatic N) is 1. The Labute approximate surface area is 121 Å². The summed E-state index contributed by atoms with van der Waals surface area (Å²) in [6.45, 7) is 2.88. The van der Waals surface area contributed by atoms with Crippen LogP contribution in [0.25, 0.3) is 0 Å². The molecule has 1 unspecified atom stereocenters. The Morgan fingerprint density at radius 3 is 2.55 bits per heavy atom. The molecule has 5 heteroatoms. The third-order valence-corrected chi connectivity index (χ3v) is 4.83. The van der Waals surface area contributed by atoms with Gasteiger partial charge in [-0.2, -0.15) is 0 Å². The van der Waals surface area contributed by atoms with E-state index in [1.807, 2.05) is 0 Å². The largest absolute Gasteiger partial charge is 0.347 e. The second-order valence-corrected chi connectivity index (χ2v) is 6.54. The molecule has 2 amide bonds. The molecule has 0 radical (unpaired) electrons. The SMILES string of the molecule is CN(C)C(=O)CNC(=O)C[NH+]1CC[C@H]2CCCC[C@@H]2C1. The van der Waals surface area contributed by atoms with E-state index in [9.17, 15) is 9.59 Å². The van der Waals surface area contributed by atoms with Crippen LogP contribution in [-0.4, -0.2) is 57.0 Å². The number of rotatable bonds is 4. The number of hydrogen-bond acceptors (Lipinski definition) is 2. The maximum atomic E-state index is 11.9. The van der Waals surface area contributed by atoms with Crippen molar-refractivity contribution < 1.29 is 14.5 Å². The lowest BCUT2D eigenvalue weighted by molar-refractivity contribution is -0.902. The number of hydrogen-bond donors (Lipinski definition) is 2. The van der Waals surface area contributed by atoms with E-state index < -0.39 is 0 Å². The van der Waals surface area contributed by atoms with E-state index in [-0.39, 0.29) is 18.4 Å². The van der Waals surface area contributed by atoms with Crippen molar-refractivity contribution in [3.05, 3.63) is 0 Å². The summed E-state index contributed by atoms with van der Waals surface area (Å²) in [5, 5.41) is 2.73. The van der Waals surface area contributed by atoms with Crippen LogP contribution in [0.3, 0.4) is 0 Å². The third kappa shape index (κ3) is 4.20. The van der Waals surface area contributed by atoms with Gasteiger partial charge in [-0.3, -0.25) is 9.59 Å². The summed E-state index contributed by atoms with van der Waals surface area (Å²) in [4.78, 5) is 26.2. The van der Waals surface area contributed by atoms with E-state index in [1.165, 1.54) is 41.9 Å². The molecule has 0 aromatic rings. The molecular formula is C15H28N3O2+. The summed E-state index contributed by atoms with van der Waals surface area (Å²) >= 11 is 0. The summed E-state index contributed by atoms with van der Waals surface area (Å²) in [6, 6.07) is 0. The number of piperidine rings is 1. The Kier molecular flexibility index (Phi) is 5.40. The number of quaternary nitrogens is 1. The quantitative estimate of drug-likeness (QED) is 0.715. The maximum Gasteiger partial charge on any atom is 0.275 e. The Morgan fingerprint density at radius 2 is 1.85 bits per heavy atom. The minimum Gasteiger partial charge on any atom is -0.347 e. The highest BCUT2D eigenvalue weighted by atomic mass is 16.2. The highest BCUT2D eigenvalue weighted by Crippen LogP contribution is 2.32. The molecule has 1 saturated carbocycles. The zero-order valence-corrected chi connectivity index (χ0v) is 12.8. The molecule has 1 aliphatic carbocycles. The topological polar surface area (TPSA) is 53.9 Å². The van der Waals surface area contributed by atoms with Gasteiger partial charge in [0.25, 0.3) is 5.91 Å². The first-order valence-corrected chi connectivity index (χ1v) is 7.86. The van der Waals surface area contributed by atoms with Crippen molar-refractivity contribution in [2.45, 2.75) is 32.1 Å². The number of carbonyl (C=O) groups is 2. The smallest absolute Gasteiger partial charge is 0.275 e. The average Bonchev–Trinajstić information content (AvgIpc) is 2.44. The van der Waals surface area contributed by atoms with Crippen LogP contribution in [0, 0.1) is 11.8 Å². The molecule has 0 aromatic carbocycles. The first kappa shape index (κ1) is 15.3. The number of carbonyl (C=O) groups excluding carboxylic acids is 2. The molecule has 2 rings (SSSR count). The summed E-state index contributed by atoms with van der Waals surface area (Å²) in [6.07, 6.45) is 6.75. The van der Waals surface area contributed by atoms with Crippen LogP contribution < -0.4 is 10.2 Å². The van der Waals surface area contributed by atoms with E-state index in [1.54, 1.807) is 14.1 Å². The van der Waals surface area contributed by atoms with E-state index >= 15 is 0 Å². The summed E-state index contributed by atoms with van der Waals surface area (Å²) in [5.74, 6) is 1.68. The Hall–Kier alpha value is -1.10. The zero-order chi connectivity index (χ0) is 14.5. The minimum atomic E-state index is -0.0562. The van der Waals surface area contributed by atoms with Gasteiger partial charge in [-0.25, -0.2) is 0 Å². The number of fused-ring (bicyclic) bond motifs is 1. The molecule has 2 fully saturated rings. The van der Waals surface area contributed by atoms with Crippen molar-refractivity contribution >= 4 is 11.8 Å². The van der Waals surface area contributed by atoms with Crippen molar-refractivity contribution in [3.8, 4) is 0 Å². The lowest BCUT2D eigenvalue weighted by Gasteiger charge is -2.38. The molecule has 2 N–H and O–H groups in total. The lowest BCUT2D eigenvalue weighted by Crippen LogP contribution is -3.15. The van der Waals surface area contributed by atoms with Crippen LogP contribution >= 0.6 is 0 Å². The van der Waals surface area contributed by atoms with Gasteiger partial charge in [-0.1, -0.05) is 12.8 Å². The Morgan fingerprint density at radius 1 is 1.15 bits per heavy atom. The predicted octanol–water partition coefficient (Wildman–Crippen LogP) is -0.714. The van der Waals surface area contributed by atoms with E-state index in [0.29, 0.717) is 6.54 Å². The molecule has 0 bridgehead atoms. The van der Waals surface area contributed by atoms with Crippen LogP contribution in [0.2, 0.25) is 0 Å². The van der Waals surface area contributed by atoms with Crippen LogP contribution in [0.5, 0.6) is 0 Å². The minimum absolute atomic E-state index is 0.00413. The maximum absolute atomic E-state index is 11.9. The molecule has 5 nitrogen and oxygen atoms in total.